The second-order valence-electron chi connectivity index (χ2n) is 4.51. The van der Waals surface area contributed by atoms with E-state index in [1.54, 1.807) is 0 Å². The van der Waals surface area contributed by atoms with Gasteiger partial charge in [0.15, 0.2) is 0 Å². The molecule has 0 saturated carbocycles. The van der Waals surface area contributed by atoms with Gasteiger partial charge in [-0.25, -0.2) is 9.67 Å². The Labute approximate surface area is 115 Å². The molecule has 2 unspecified atom stereocenters. The number of hydrogen-bond donors (Lipinski definition) is 1. The monoisotopic (exact) mass is 308 g/mol. The van der Waals surface area contributed by atoms with E-state index in [0.717, 1.165) is 21.7 Å². The first kappa shape index (κ1) is 13.2. The molecule has 2 N–H and O–H groups in total. The molecule has 2 atom stereocenters. The molecule has 2 aromatic rings. The Morgan fingerprint density at radius 3 is 2.28 bits per heavy atom. The predicted octanol–water partition coefficient (Wildman–Crippen LogP) is 2.59. The summed E-state index contributed by atoms with van der Waals surface area (Å²) in [4.78, 5) is 4.34. The number of hydrogen-bond acceptors (Lipinski definition) is 3. The minimum absolute atomic E-state index is 0.0132. The van der Waals surface area contributed by atoms with Crippen molar-refractivity contribution < 1.29 is 0 Å². The summed E-state index contributed by atoms with van der Waals surface area (Å²) in [6.07, 6.45) is 0. The highest BCUT2D eigenvalue weighted by Crippen LogP contribution is 2.23. The van der Waals surface area contributed by atoms with Crippen molar-refractivity contribution in [2.45, 2.75) is 32.9 Å². The zero-order valence-electron chi connectivity index (χ0n) is 10.8. The lowest BCUT2D eigenvalue weighted by Crippen LogP contribution is -2.31. The van der Waals surface area contributed by atoms with E-state index in [1.165, 1.54) is 0 Å². The van der Waals surface area contributed by atoms with Crippen LogP contribution in [0.25, 0.3) is 0 Å². The van der Waals surface area contributed by atoms with Crippen molar-refractivity contribution in [1.82, 2.24) is 14.8 Å². The number of nitrogens with zero attached hydrogens (tertiary/aromatic N) is 3. The molecule has 0 radical (unpaired) electrons. The number of rotatable bonds is 3. The van der Waals surface area contributed by atoms with Crippen LogP contribution in [0.15, 0.2) is 28.7 Å². The smallest absolute Gasteiger partial charge is 0.147 e. The van der Waals surface area contributed by atoms with Crippen molar-refractivity contribution in [3.63, 3.8) is 0 Å². The lowest BCUT2D eigenvalue weighted by atomic mass is 10.0. The molecule has 5 heteroatoms. The van der Waals surface area contributed by atoms with Crippen LogP contribution < -0.4 is 5.73 Å². The zero-order chi connectivity index (χ0) is 13.3. The van der Waals surface area contributed by atoms with Gasteiger partial charge in [0.2, 0.25) is 0 Å². The highest BCUT2D eigenvalue weighted by molar-refractivity contribution is 9.10. The van der Waals surface area contributed by atoms with E-state index in [-0.39, 0.29) is 12.1 Å². The fraction of sp³-hybridized carbons (Fsp3) is 0.385. The second kappa shape index (κ2) is 5.20. The average Bonchev–Trinajstić information content (AvgIpc) is 2.61. The van der Waals surface area contributed by atoms with Crippen LogP contribution in [0, 0.1) is 13.8 Å². The molecule has 1 aromatic carbocycles. The first-order chi connectivity index (χ1) is 8.49. The van der Waals surface area contributed by atoms with Gasteiger partial charge in [0.1, 0.15) is 11.6 Å². The van der Waals surface area contributed by atoms with E-state index >= 15 is 0 Å². The number of aryl methyl sites for hydroxylation is 2. The van der Waals surface area contributed by atoms with Gasteiger partial charge in [-0.15, -0.1) is 0 Å². The molecule has 1 aromatic heterocycles. The fourth-order valence-electron chi connectivity index (χ4n) is 2.13. The topological polar surface area (TPSA) is 56.7 Å². The van der Waals surface area contributed by atoms with Crippen LogP contribution >= 0.6 is 15.9 Å². The third-order valence-electron chi connectivity index (χ3n) is 2.88. The molecular formula is C13H17BrN4. The first-order valence-corrected chi connectivity index (χ1v) is 6.69. The Balaban J connectivity index is 2.46. The van der Waals surface area contributed by atoms with Crippen LogP contribution in [-0.2, 0) is 0 Å². The van der Waals surface area contributed by atoms with Crippen LogP contribution in [0.2, 0.25) is 0 Å². The third kappa shape index (κ3) is 2.62. The second-order valence-corrected chi connectivity index (χ2v) is 5.42. The minimum atomic E-state index is -0.0361. The predicted molar refractivity (Wildman–Crippen MR) is 75.4 cm³/mol. The van der Waals surface area contributed by atoms with Gasteiger partial charge in [0, 0.05) is 10.5 Å². The standard InChI is InChI=1S/C13H17BrN4/c1-8(15)13(11-4-6-12(14)7-5-11)18-10(3)16-9(2)17-18/h4-8,13H,15H2,1-3H3. The van der Waals surface area contributed by atoms with Crippen molar-refractivity contribution in [3.05, 3.63) is 46.0 Å². The van der Waals surface area contributed by atoms with Gasteiger partial charge in [0.05, 0.1) is 6.04 Å². The summed E-state index contributed by atoms with van der Waals surface area (Å²) in [6.45, 7) is 5.83. The van der Waals surface area contributed by atoms with E-state index in [0.29, 0.717) is 0 Å². The Bertz CT molecular complexity index is 530. The SMILES string of the molecule is Cc1nc(C)n(C(c2ccc(Br)cc2)C(C)N)n1. The van der Waals surface area contributed by atoms with E-state index in [4.69, 9.17) is 5.73 Å². The molecule has 0 fully saturated rings. The maximum atomic E-state index is 6.12. The molecule has 0 saturated heterocycles. The van der Waals surface area contributed by atoms with Crippen LogP contribution in [0.4, 0.5) is 0 Å². The maximum absolute atomic E-state index is 6.12. The molecule has 0 aliphatic carbocycles. The van der Waals surface area contributed by atoms with Gasteiger partial charge in [-0.05, 0) is 38.5 Å². The van der Waals surface area contributed by atoms with E-state index in [2.05, 4.69) is 38.1 Å². The molecule has 0 spiro atoms. The molecule has 0 aliphatic heterocycles. The molecule has 1 heterocycles. The lowest BCUT2D eigenvalue weighted by Gasteiger charge is -2.22. The van der Waals surface area contributed by atoms with Gasteiger partial charge in [-0.2, -0.15) is 5.10 Å². The summed E-state index contributed by atoms with van der Waals surface area (Å²) in [5.41, 5.74) is 7.26. The summed E-state index contributed by atoms with van der Waals surface area (Å²) in [5.74, 6) is 1.66. The Hall–Kier alpha value is -1.20. The van der Waals surface area contributed by atoms with Gasteiger partial charge < -0.3 is 5.73 Å². The zero-order valence-corrected chi connectivity index (χ0v) is 12.3. The number of benzene rings is 1. The van der Waals surface area contributed by atoms with Gasteiger partial charge in [0.25, 0.3) is 0 Å². The Kier molecular flexibility index (Phi) is 3.82. The van der Waals surface area contributed by atoms with Crippen LogP contribution in [0.1, 0.15) is 30.2 Å². The van der Waals surface area contributed by atoms with Gasteiger partial charge in [-0.3, -0.25) is 0 Å². The van der Waals surface area contributed by atoms with Crippen molar-refractivity contribution in [1.29, 1.82) is 0 Å². The molecule has 2 rings (SSSR count). The largest absolute Gasteiger partial charge is 0.326 e. The average molecular weight is 309 g/mol. The van der Waals surface area contributed by atoms with Gasteiger partial charge in [-0.1, -0.05) is 28.1 Å². The summed E-state index contributed by atoms with van der Waals surface area (Å²) in [7, 11) is 0. The lowest BCUT2D eigenvalue weighted by molar-refractivity contribution is 0.442. The molecular weight excluding hydrogens is 292 g/mol. The quantitative estimate of drug-likeness (QED) is 0.948. The summed E-state index contributed by atoms with van der Waals surface area (Å²) in [5, 5.41) is 4.44. The number of halogens is 1. The molecule has 96 valence electrons. The minimum Gasteiger partial charge on any atom is -0.326 e. The van der Waals surface area contributed by atoms with E-state index in [9.17, 15) is 0 Å². The van der Waals surface area contributed by atoms with Crippen molar-refractivity contribution >= 4 is 15.9 Å². The summed E-state index contributed by atoms with van der Waals surface area (Å²) >= 11 is 3.44. The molecule has 0 bridgehead atoms. The molecule has 0 aliphatic rings. The Morgan fingerprint density at radius 2 is 1.83 bits per heavy atom. The first-order valence-electron chi connectivity index (χ1n) is 5.90. The van der Waals surface area contributed by atoms with Crippen LogP contribution in [0.5, 0.6) is 0 Å². The molecule has 18 heavy (non-hydrogen) atoms. The van der Waals surface area contributed by atoms with Crippen molar-refractivity contribution in [2.24, 2.45) is 5.73 Å². The fourth-order valence-corrected chi connectivity index (χ4v) is 2.39. The number of nitrogens with two attached hydrogens (primary N) is 1. The van der Waals surface area contributed by atoms with Crippen molar-refractivity contribution in [3.8, 4) is 0 Å². The normalized spacial score (nSPS) is 14.5. The van der Waals surface area contributed by atoms with E-state index < -0.39 is 0 Å². The van der Waals surface area contributed by atoms with E-state index in [1.807, 2.05) is 37.6 Å². The third-order valence-corrected chi connectivity index (χ3v) is 3.41. The van der Waals surface area contributed by atoms with Crippen LogP contribution in [0.3, 0.4) is 0 Å². The number of aromatic nitrogens is 3. The van der Waals surface area contributed by atoms with Crippen LogP contribution in [-0.4, -0.2) is 20.8 Å². The Morgan fingerprint density at radius 1 is 1.22 bits per heavy atom. The van der Waals surface area contributed by atoms with Crippen molar-refractivity contribution in [2.75, 3.05) is 0 Å². The van der Waals surface area contributed by atoms with Gasteiger partial charge >= 0.3 is 0 Å². The summed E-state index contributed by atoms with van der Waals surface area (Å²) in [6, 6.07) is 8.14. The molecule has 4 nitrogen and oxygen atoms in total. The maximum Gasteiger partial charge on any atom is 0.147 e. The molecule has 0 amide bonds. The summed E-state index contributed by atoms with van der Waals surface area (Å²) < 4.78 is 2.96. The highest BCUT2D eigenvalue weighted by atomic mass is 79.9. The highest BCUT2D eigenvalue weighted by Gasteiger charge is 2.21.